The molecule has 2 N–H and O–H groups in total. The summed E-state index contributed by atoms with van der Waals surface area (Å²) in [4.78, 5) is 26.4. The average molecular weight is 300 g/mol. The molecule has 1 atom stereocenters. The molecule has 2 aromatic rings. The maximum absolute atomic E-state index is 12.0. The summed E-state index contributed by atoms with van der Waals surface area (Å²) in [5.74, 6) is 0.348. The van der Waals surface area contributed by atoms with Crippen LogP contribution >= 0.6 is 0 Å². The van der Waals surface area contributed by atoms with Gasteiger partial charge in [0.05, 0.1) is 0 Å². The second-order valence-corrected chi connectivity index (χ2v) is 5.19. The van der Waals surface area contributed by atoms with E-state index in [1.54, 1.807) is 0 Å². The van der Waals surface area contributed by atoms with Crippen molar-refractivity contribution in [3.63, 3.8) is 0 Å². The SMILES string of the molecule is CC[C@@H](C)NC(=O)CCc1nnc(-c2ccccc2)[nH]c1=O. The summed E-state index contributed by atoms with van der Waals surface area (Å²) in [5, 5.41) is 10.8. The smallest absolute Gasteiger partial charge is 0.273 e. The molecule has 0 spiro atoms. The molecule has 1 aromatic carbocycles. The Labute approximate surface area is 129 Å². The lowest BCUT2D eigenvalue weighted by atomic mass is 10.2. The Balaban J connectivity index is 2.02. The largest absolute Gasteiger partial charge is 0.354 e. The summed E-state index contributed by atoms with van der Waals surface area (Å²) >= 11 is 0. The first-order chi connectivity index (χ1) is 10.6. The Morgan fingerprint density at radius 1 is 1.27 bits per heavy atom. The lowest BCUT2D eigenvalue weighted by Crippen LogP contribution is -2.32. The summed E-state index contributed by atoms with van der Waals surface area (Å²) < 4.78 is 0. The molecule has 0 aliphatic heterocycles. The zero-order valence-corrected chi connectivity index (χ0v) is 12.8. The van der Waals surface area contributed by atoms with Crippen molar-refractivity contribution in [2.75, 3.05) is 0 Å². The van der Waals surface area contributed by atoms with E-state index in [4.69, 9.17) is 0 Å². The number of nitrogens with one attached hydrogen (secondary N) is 2. The first kappa shape index (κ1) is 15.9. The second kappa shape index (κ2) is 7.49. The van der Waals surface area contributed by atoms with Crippen LogP contribution in [0.2, 0.25) is 0 Å². The Bertz CT molecular complexity index is 682. The minimum absolute atomic E-state index is 0.0808. The van der Waals surface area contributed by atoms with Gasteiger partial charge in [0, 0.05) is 24.4 Å². The summed E-state index contributed by atoms with van der Waals surface area (Å²) in [6.07, 6.45) is 1.38. The van der Waals surface area contributed by atoms with Gasteiger partial charge in [-0.05, 0) is 13.3 Å². The van der Waals surface area contributed by atoms with Crippen LogP contribution in [0.4, 0.5) is 0 Å². The van der Waals surface area contributed by atoms with E-state index in [1.165, 1.54) is 0 Å². The van der Waals surface area contributed by atoms with Gasteiger partial charge in [0.25, 0.3) is 5.56 Å². The Morgan fingerprint density at radius 2 is 2.00 bits per heavy atom. The minimum Gasteiger partial charge on any atom is -0.354 e. The normalized spacial score (nSPS) is 11.9. The first-order valence-corrected chi connectivity index (χ1v) is 7.40. The van der Waals surface area contributed by atoms with E-state index in [-0.39, 0.29) is 36.0 Å². The first-order valence-electron chi connectivity index (χ1n) is 7.40. The minimum atomic E-state index is -0.301. The third kappa shape index (κ3) is 4.25. The van der Waals surface area contributed by atoms with Gasteiger partial charge in [-0.2, -0.15) is 0 Å². The molecule has 0 fully saturated rings. The highest BCUT2D eigenvalue weighted by molar-refractivity contribution is 5.76. The predicted molar refractivity (Wildman–Crippen MR) is 84.3 cm³/mol. The molecular weight excluding hydrogens is 280 g/mol. The highest BCUT2D eigenvalue weighted by Crippen LogP contribution is 2.10. The molecular formula is C16H20N4O2. The van der Waals surface area contributed by atoms with E-state index >= 15 is 0 Å². The van der Waals surface area contributed by atoms with Crippen LogP contribution in [0.1, 0.15) is 32.4 Å². The molecule has 1 aromatic heterocycles. The van der Waals surface area contributed by atoms with Crippen molar-refractivity contribution in [1.29, 1.82) is 0 Å². The van der Waals surface area contributed by atoms with Crippen molar-refractivity contribution in [2.45, 2.75) is 39.2 Å². The molecule has 0 bridgehead atoms. The topological polar surface area (TPSA) is 87.7 Å². The van der Waals surface area contributed by atoms with E-state index < -0.39 is 0 Å². The van der Waals surface area contributed by atoms with Crippen LogP contribution in [0.5, 0.6) is 0 Å². The molecule has 0 radical (unpaired) electrons. The van der Waals surface area contributed by atoms with E-state index in [0.29, 0.717) is 5.82 Å². The number of nitrogens with zero attached hydrogens (tertiary/aromatic N) is 2. The van der Waals surface area contributed by atoms with Gasteiger partial charge in [-0.1, -0.05) is 37.3 Å². The summed E-state index contributed by atoms with van der Waals surface area (Å²) in [6, 6.07) is 9.44. The maximum Gasteiger partial charge on any atom is 0.273 e. The van der Waals surface area contributed by atoms with Crippen LogP contribution in [0.15, 0.2) is 35.1 Å². The van der Waals surface area contributed by atoms with Gasteiger partial charge in [-0.3, -0.25) is 9.59 Å². The molecule has 1 amide bonds. The monoisotopic (exact) mass is 300 g/mol. The second-order valence-electron chi connectivity index (χ2n) is 5.19. The number of hydrogen-bond acceptors (Lipinski definition) is 4. The van der Waals surface area contributed by atoms with E-state index in [9.17, 15) is 9.59 Å². The van der Waals surface area contributed by atoms with Gasteiger partial charge in [0.2, 0.25) is 5.91 Å². The van der Waals surface area contributed by atoms with Crippen LogP contribution < -0.4 is 10.9 Å². The van der Waals surface area contributed by atoms with Crippen LogP contribution in [0, 0.1) is 0 Å². The molecule has 0 aliphatic carbocycles. The van der Waals surface area contributed by atoms with Gasteiger partial charge in [0.1, 0.15) is 5.69 Å². The molecule has 2 rings (SSSR count). The Hall–Kier alpha value is -2.50. The van der Waals surface area contributed by atoms with Crippen molar-refractivity contribution < 1.29 is 4.79 Å². The molecule has 22 heavy (non-hydrogen) atoms. The Morgan fingerprint density at radius 3 is 2.64 bits per heavy atom. The fourth-order valence-corrected chi connectivity index (χ4v) is 1.93. The molecule has 0 aliphatic rings. The number of rotatable bonds is 6. The standard InChI is InChI=1S/C16H20N4O2/c1-3-11(2)17-14(21)10-9-13-16(22)18-15(20-19-13)12-7-5-4-6-8-12/h4-8,11H,3,9-10H2,1-2H3,(H,17,21)(H,18,20,22)/t11-/m1/s1. The van der Waals surface area contributed by atoms with Crippen molar-refractivity contribution in [3.8, 4) is 11.4 Å². The fraction of sp³-hybridized carbons (Fsp3) is 0.375. The number of hydrogen-bond donors (Lipinski definition) is 2. The highest BCUT2D eigenvalue weighted by atomic mass is 16.1. The zero-order chi connectivity index (χ0) is 15.9. The van der Waals surface area contributed by atoms with E-state index in [1.807, 2.05) is 44.2 Å². The molecule has 1 heterocycles. The number of H-pyrrole nitrogens is 1. The van der Waals surface area contributed by atoms with Crippen molar-refractivity contribution in [3.05, 3.63) is 46.4 Å². The lowest BCUT2D eigenvalue weighted by molar-refractivity contribution is -0.121. The van der Waals surface area contributed by atoms with Gasteiger partial charge < -0.3 is 10.3 Å². The predicted octanol–water partition coefficient (Wildman–Crippen LogP) is 1.68. The van der Waals surface area contributed by atoms with Crippen LogP contribution in [-0.4, -0.2) is 27.1 Å². The molecule has 0 saturated carbocycles. The number of amides is 1. The van der Waals surface area contributed by atoms with Gasteiger partial charge in [-0.25, -0.2) is 0 Å². The third-order valence-corrected chi connectivity index (χ3v) is 3.42. The van der Waals surface area contributed by atoms with Crippen molar-refractivity contribution in [2.24, 2.45) is 0 Å². The number of aromatic amines is 1. The number of aromatic nitrogens is 3. The number of carbonyl (C=O) groups excluding carboxylic acids is 1. The van der Waals surface area contributed by atoms with Crippen LogP contribution in [-0.2, 0) is 11.2 Å². The summed E-state index contributed by atoms with van der Waals surface area (Å²) in [7, 11) is 0. The number of benzene rings is 1. The quantitative estimate of drug-likeness (QED) is 0.849. The summed E-state index contributed by atoms with van der Waals surface area (Å²) in [5.41, 5.74) is 0.775. The molecule has 116 valence electrons. The maximum atomic E-state index is 12.0. The Kier molecular flexibility index (Phi) is 5.41. The van der Waals surface area contributed by atoms with Gasteiger partial charge in [-0.15, -0.1) is 10.2 Å². The molecule has 0 saturated heterocycles. The van der Waals surface area contributed by atoms with E-state index in [0.717, 1.165) is 12.0 Å². The lowest BCUT2D eigenvalue weighted by Gasteiger charge is -2.10. The molecule has 0 unspecified atom stereocenters. The van der Waals surface area contributed by atoms with Crippen LogP contribution in [0.3, 0.4) is 0 Å². The van der Waals surface area contributed by atoms with Gasteiger partial charge >= 0.3 is 0 Å². The molecule has 6 heteroatoms. The number of carbonyl (C=O) groups is 1. The molecule has 6 nitrogen and oxygen atoms in total. The summed E-state index contributed by atoms with van der Waals surface area (Å²) in [6.45, 7) is 3.95. The highest BCUT2D eigenvalue weighted by Gasteiger charge is 2.10. The van der Waals surface area contributed by atoms with Crippen molar-refractivity contribution >= 4 is 5.91 Å². The van der Waals surface area contributed by atoms with Gasteiger partial charge in [0.15, 0.2) is 5.82 Å². The number of aryl methyl sites for hydroxylation is 1. The third-order valence-electron chi connectivity index (χ3n) is 3.42. The van der Waals surface area contributed by atoms with E-state index in [2.05, 4.69) is 20.5 Å². The fourth-order valence-electron chi connectivity index (χ4n) is 1.93. The zero-order valence-electron chi connectivity index (χ0n) is 12.8. The average Bonchev–Trinajstić information content (AvgIpc) is 2.54. The van der Waals surface area contributed by atoms with Crippen molar-refractivity contribution in [1.82, 2.24) is 20.5 Å². The van der Waals surface area contributed by atoms with Crippen LogP contribution in [0.25, 0.3) is 11.4 Å².